The molecule has 1 nitrogen and oxygen atoms in total. The van der Waals surface area contributed by atoms with Crippen molar-refractivity contribution in [2.75, 3.05) is 0 Å². The molecule has 0 amide bonds. The van der Waals surface area contributed by atoms with E-state index >= 15 is 0 Å². The summed E-state index contributed by atoms with van der Waals surface area (Å²) in [5, 5.41) is 0. The summed E-state index contributed by atoms with van der Waals surface area (Å²) in [6, 6.07) is 21.0. The third-order valence-corrected chi connectivity index (χ3v) is 2.75. The zero-order valence-electron chi connectivity index (χ0n) is 9.25. The van der Waals surface area contributed by atoms with E-state index in [1.807, 2.05) is 12.1 Å². The maximum Gasteiger partial charge on any atom is 0.211 e. The molecule has 2 heteroatoms. The van der Waals surface area contributed by atoms with Crippen molar-refractivity contribution in [2.24, 2.45) is 0 Å². The topological polar surface area (TPSA) is 4.10 Å². The molecule has 0 atom stereocenters. The van der Waals surface area contributed by atoms with Gasteiger partial charge in [-0.25, -0.2) is 0 Å². The fourth-order valence-corrected chi connectivity index (χ4v) is 1.91. The predicted molar refractivity (Wildman–Crippen MR) is 65.0 cm³/mol. The summed E-state index contributed by atoms with van der Waals surface area (Å²) in [7, 11) is 0. The van der Waals surface area contributed by atoms with Crippen molar-refractivity contribution in [3.05, 3.63) is 73.1 Å². The third kappa shape index (κ3) is 2.37. The maximum absolute atomic E-state index is 2.20. The molecule has 0 spiro atoms. The normalized spacial score (nSPS) is 9.88. The standard InChI is InChI=1S/C15H12N.BrH/c1-2-6-13(7-3-1)14-9-11-16-10-5-4-8-15(16)12-14;/h1-12H;1H/q+1;/p-1. The quantitative estimate of drug-likeness (QED) is 0.559. The number of aromatic nitrogens is 1. The summed E-state index contributed by atoms with van der Waals surface area (Å²) in [6.07, 6.45) is 4.15. The Morgan fingerprint density at radius 3 is 2.24 bits per heavy atom. The van der Waals surface area contributed by atoms with Crippen molar-refractivity contribution in [1.29, 1.82) is 0 Å². The molecule has 1 aromatic carbocycles. The highest BCUT2D eigenvalue weighted by atomic mass is 79.9. The van der Waals surface area contributed by atoms with Gasteiger partial charge in [0.15, 0.2) is 12.4 Å². The maximum atomic E-state index is 2.20. The number of rotatable bonds is 1. The molecule has 0 fully saturated rings. The number of fused-ring (bicyclic) bond motifs is 1. The first-order valence-corrected chi connectivity index (χ1v) is 5.39. The molecule has 84 valence electrons. The molecular weight excluding hydrogens is 274 g/mol. The van der Waals surface area contributed by atoms with Gasteiger partial charge in [0.2, 0.25) is 5.52 Å². The van der Waals surface area contributed by atoms with Crippen molar-refractivity contribution in [3.8, 4) is 11.1 Å². The lowest BCUT2D eigenvalue weighted by Gasteiger charge is -1.99. The van der Waals surface area contributed by atoms with Gasteiger partial charge in [-0.1, -0.05) is 30.3 Å². The smallest absolute Gasteiger partial charge is 0.211 e. The number of benzene rings is 1. The van der Waals surface area contributed by atoms with Crippen LogP contribution in [0, 0.1) is 0 Å². The molecule has 0 aliphatic carbocycles. The van der Waals surface area contributed by atoms with E-state index < -0.39 is 0 Å². The van der Waals surface area contributed by atoms with Crippen molar-refractivity contribution in [2.45, 2.75) is 0 Å². The molecule has 0 N–H and O–H groups in total. The minimum absolute atomic E-state index is 0. The van der Waals surface area contributed by atoms with Crippen LogP contribution in [0.15, 0.2) is 73.1 Å². The predicted octanol–water partition coefficient (Wildman–Crippen LogP) is 0.0963. The molecule has 0 aliphatic heterocycles. The largest absolute Gasteiger partial charge is 1.00 e. The summed E-state index contributed by atoms with van der Waals surface area (Å²) < 4.78 is 2.12. The van der Waals surface area contributed by atoms with E-state index in [0.717, 1.165) is 0 Å². The average molecular weight is 286 g/mol. The molecule has 3 aromatic rings. The summed E-state index contributed by atoms with van der Waals surface area (Å²) >= 11 is 0. The first-order chi connectivity index (χ1) is 7.93. The lowest BCUT2D eigenvalue weighted by Crippen LogP contribution is -3.00. The van der Waals surface area contributed by atoms with Gasteiger partial charge in [0.05, 0.1) is 0 Å². The molecule has 0 saturated heterocycles. The molecule has 0 unspecified atom stereocenters. The number of pyridine rings is 2. The van der Waals surface area contributed by atoms with E-state index in [0.29, 0.717) is 0 Å². The minimum Gasteiger partial charge on any atom is -1.00 e. The fourth-order valence-electron chi connectivity index (χ4n) is 1.91. The van der Waals surface area contributed by atoms with E-state index in [-0.39, 0.29) is 17.0 Å². The van der Waals surface area contributed by atoms with Crippen LogP contribution in [-0.4, -0.2) is 0 Å². The fraction of sp³-hybridized carbons (Fsp3) is 0. The molecule has 0 radical (unpaired) electrons. The summed E-state index contributed by atoms with van der Waals surface area (Å²) in [5.41, 5.74) is 3.73. The highest BCUT2D eigenvalue weighted by Crippen LogP contribution is 2.18. The van der Waals surface area contributed by atoms with Crippen molar-refractivity contribution in [1.82, 2.24) is 0 Å². The first-order valence-electron chi connectivity index (χ1n) is 5.39. The zero-order chi connectivity index (χ0) is 10.8. The molecule has 2 aromatic heterocycles. The Morgan fingerprint density at radius 1 is 0.647 bits per heavy atom. The molecule has 2 heterocycles. The van der Waals surface area contributed by atoms with Crippen LogP contribution < -0.4 is 21.4 Å². The van der Waals surface area contributed by atoms with Gasteiger partial charge in [-0.05, 0) is 17.2 Å². The molecule has 0 aliphatic rings. The van der Waals surface area contributed by atoms with Crippen LogP contribution in [0.25, 0.3) is 16.6 Å². The van der Waals surface area contributed by atoms with Crippen molar-refractivity contribution < 1.29 is 21.4 Å². The van der Waals surface area contributed by atoms with Gasteiger partial charge < -0.3 is 17.0 Å². The van der Waals surface area contributed by atoms with E-state index in [2.05, 4.69) is 65.3 Å². The van der Waals surface area contributed by atoms with E-state index in [9.17, 15) is 0 Å². The van der Waals surface area contributed by atoms with E-state index in [1.54, 1.807) is 0 Å². The van der Waals surface area contributed by atoms with Gasteiger partial charge in [-0.2, -0.15) is 4.40 Å². The van der Waals surface area contributed by atoms with E-state index in [4.69, 9.17) is 0 Å². The second kappa shape index (κ2) is 5.11. The van der Waals surface area contributed by atoms with Gasteiger partial charge in [-0.3, -0.25) is 0 Å². The zero-order valence-corrected chi connectivity index (χ0v) is 10.8. The highest BCUT2D eigenvalue weighted by molar-refractivity contribution is 5.66. The second-order valence-electron chi connectivity index (χ2n) is 3.81. The summed E-state index contributed by atoms with van der Waals surface area (Å²) in [5.74, 6) is 0. The number of hydrogen-bond donors (Lipinski definition) is 0. The van der Waals surface area contributed by atoms with Gasteiger partial charge in [-0.15, -0.1) is 0 Å². The van der Waals surface area contributed by atoms with Crippen LogP contribution in [0.4, 0.5) is 0 Å². The third-order valence-electron chi connectivity index (χ3n) is 2.75. The number of halogens is 1. The van der Waals surface area contributed by atoms with E-state index in [1.165, 1.54) is 16.6 Å². The summed E-state index contributed by atoms with van der Waals surface area (Å²) in [6.45, 7) is 0. The van der Waals surface area contributed by atoms with Gasteiger partial charge in [0.25, 0.3) is 0 Å². The summed E-state index contributed by atoms with van der Waals surface area (Å²) in [4.78, 5) is 0. The van der Waals surface area contributed by atoms with Gasteiger partial charge >= 0.3 is 0 Å². The van der Waals surface area contributed by atoms with Crippen LogP contribution in [0.2, 0.25) is 0 Å². The Labute approximate surface area is 111 Å². The van der Waals surface area contributed by atoms with Crippen LogP contribution in [0.1, 0.15) is 0 Å². The second-order valence-corrected chi connectivity index (χ2v) is 3.81. The lowest BCUT2D eigenvalue weighted by molar-refractivity contribution is -0.511. The monoisotopic (exact) mass is 285 g/mol. The highest BCUT2D eigenvalue weighted by Gasteiger charge is 2.03. The molecule has 17 heavy (non-hydrogen) atoms. The molecule has 0 saturated carbocycles. The number of nitrogens with zero attached hydrogens (tertiary/aromatic N) is 1. The lowest BCUT2D eigenvalue weighted by atomic mass is 10.1. The molecule has 0 bridgehead atoms. The SMILES string of the molecule is [Br-].c1ccc(-c2cc[n+]3ccccc3c2)cc1. The Balaban J connectivity index is 0.00000108. The van der Waals surface area contributed by atoms with Crippen LogP contribution in [0.3, 0.4) is 0 Å². The van der Waals surface area contributed by atoms with Gasteiger partial charge in [0.1, 0.15) is 0 Å². The number of hydrogen-bond acceptors (Lipinski definition) is 0. The Morgan fingerprint density at radius 2 is 1.41 bits per heavy atom. The van der Waals surface area contributed by atoms with Crippen molar-refractivity contribution >= 4 is 5.52 Å². The first kappa shape index (κ1) is 11.8. The molecule has 3 rings (SSSR count). The Bertz CT molecular complexity index is 620. The Hall–Kier alpha value is -1.67. The van der Waals surface area contributed by atoms with Crippen LogP contribution in [0.5, 0.6) is 0 Å². The average Bonchev–Trinajstić information content (AvgIpc) is 2.39. The Kier molecular flexibility index (Phi) is 3.55. The van der Waals surface area contributed by atoms with Gasteiger partial charge in [0, 0.05) is 24.3 Å². The molecular formula is C15H12BrN. The van der Waals surface area contributed by atoms with Crippen LogP contribution >= 0.6 is 0 Å². The van der Waals surface area contributed by atoms with Crippen molar-refractivity contribution in [3.63, 3.8) is 0 Å². The minimum atomic E-state index is 0. The van der Waals surface area contributed by atoms with Crippen LogP contribution in [-0.2, 0) is 0 Å².